The van der Waals surface area contributed by atoms with E-state index in [4.69, 9.17) is 0 Å². The second kappa shape index (κ2) is 11.6. The summed E-state index contributed by atoms with van der Waals surface area (Å²) >= 11 is 3.89. The van der Waals surface area contributed by atoms with Crippen molar-refractivity contribution in [3.05, 3.63) is 95.1 Å². The second-order valence-corrected chi connectivity index (χ2v) is 13.3. The fraction of sp³-hybridized carbons (Fsp3) is 0.394. The summed E-state index contributed by atoms with van der Waals surface area (Å²) in [6.45, 7) is 11.5. The summed E-state index contributed by atoms with van der Waals surface area (Å²) in [6.07, 6.45) is 18.0. The predicted octanol–water partition coefficient (Wildman–Crippen LogP) is 9.82. The Balaban J connectivity index is 1.36. The van der Waals surface area contributed by atoms with Gasteiger partial charge in [0.05, 0.1) is 21.8 Å². The lowest BCUT2D eigenvalue weighted by molar-refractivity contribution is 0.354. The average Bonchev–Trinajstić information content (AvgIpc) is 3.40. The van der Waals surface area contributed by atoms with Crippen LogP contribution >= 0.6 is 23.5 Å². The second-order valence-electron chi connectivity index (χ2n) is 11.0. The average molecular weight is 529 g/mol. The molecule has 2 heterocycles. The first-order valence-corrected chi connectivity index (χ1v) is 15.5. The molecule has 194 valence electrons. The van der Waals surface area contributed by atoms with E-state index in [1.807, 2.05) is 23.5 Å². The van der Waals surface area contributed by atoms with Gasteiger partial charge in [0.2, 0.25) is 0 Å². The Morgan fingerprint density at radius 1 is 0.946 bits per heavy atom. The molecule has 0 spiro atoms. The van der Waals surface area contributed by atoms with Crippen LogP contribution in [0.15, 0.2) is 105 Å². The Kier molecular flexibility index (Phi) is 8.26. The maximum absolute atomic E-state index is 2.63. The number of allylic oxidation sites excluding steroid dienone is 6. The Hall–Kier alpha value is -2.30. The van der Waals surface area contributed by atoms with Gasteiger partial charge in [-0.2, -0.15) is 0 Å². The molecule has 2 aliphatic heterocycles. The van der Waals surface area contributed by atoms with Crippen LogP contribution in [0.25, 0.3) is 0 Å². The highest BCUT2D eigenvalue weighted by atomic mass is 32.2. The quantitative estimate of drug-likeness (QED) is 0.314. The molecule has 3 aliphatic rings. The smallest absolute Gasteiger partial charge is 0.0988 e. The molecule has 0 aromatic heterocycles. The minimum atomic E-state index is 0.268. The van der Waals surface area contributed by atoms with Crippen LogP contribution in [0.5, 0.6) is 0 Å². The van der Waals surface area contributed by atoms with Crippen LogP contribution in [0.4, 0.5) is 11.4 Å². The summed E-state index contributed by atoms with van der Waals surface area (Å²) in [7, 11) is 0. The van der Waals surface area contributed by atoms with Crippen LogP contribution < -0.4 is 9.80 Å². The highest BCUT2D eigenvalue weighted by Crippen LogP contribution is 2.47. The standard InChI is InChI=1S/C33H40N2S2/c1-5-7-12-20-35-28-16-9-11-18-30(28)37-32(35)22-26-21-25(23-33(3,4)24-26)14-13-19-31-34(6-2)27-15-8-10-17-29(27)36-31/h8-11,13-19,21-22,32H,5-7,12,20,23-24H2,1-4H3/b14-13+,26-22?,31-19+. The third-order valence-corrected chi connectivity index (χ3v) is 9.69. The normalized spacial score (nSPS) is 22.7. The van der Waals surface area contributed by atoms with E-state index in [-0.39, 0.29) is 5.41 Å². The summed E-state index contributed by atoms with van der Waals surface area (Å²) in [5.41, 5.74) is 5.92. The van der Waals surface area contributed by atoms with Crippen molar-refractivity contribution >= 4 is 34.9 Å². The third-order valence-electron chi connectivity index (χ3n) is 7.33. The lowest BCUT2D eigenvalue weighted by Crippen LogP contribution is -2.29. The van der Waals surface area contributed by atoms with Gasteiger partial charge in [0.25, 0.3) is 0 Å². The van der Waals surface area contributed by atoms with E-state index in [0.29, 0.717) is 5.37 Å². The van der Waals surface area contributed by atoms with Crippen molar-refractivity contribution in [2.24, 2.45) is 5.41 Å². The first-order chi connectivity index (χ1) is 18.0. The van der Waals surface area contributed by atoms with Gasteiger partial charge in [-0.1, -0.05) is 99.6 Å². The number of thioether (sulfide) groups is 2. The van der Waals surface area contributed by atoms with Crippen molar-refractivity contribution in [1.29, 1.82) is 0 Å². The number of unbranched alkanes of at least 4 members (excludes halogenated alkanes) is 2. The summed E-state index contributed by atoms with van der Waals surface area (Å²) in [4.78, 5) is 7.82. The molecule has 0 bridgehead atoms. The number of hydrogen-bond donors (Lipinski definition) is 0. The molecule has 2 aromatic rings. The van der Waals surface area contributed by atoms with E-state index in [1.54, 1.807) is 0 Å². The van der Waals surface area contributed by atoms with Gasteiger partial charge in [-0.25, -0.2) is 0 Å². The molecule has 37 heavy (non-hydrogen) atoms. The monoisotopic (exact) mass is 528 g/mol. The minimum absolute atomic E-state index is 0.268. The van der Waals surface area contributed by atoms with Crippen LogP contribution in [0.1, 0.15) is 59.8 Å². The zero-order chi connectivity index (χ0) is 25.8. The molecule has 5 rings (SSSR count). The van der Waals surface area contributed by atoms with Gasteiger partial charge in [0.1, 0.15) is 0 Å². The SMILES string of the molecule is CCCCCN1c2ccccc2SC1C=C1C=C(/C=C/C=C2/Sc3ccccc3N2CC)CC(C)(C)C1. The molecule has 1 atom stereocenters. The van der Waals surface area contributed by atoms with Crippen molar-refractivity contribution in [2.45, 2.75) is 75.0 Å². The van der Waals surface area contributed by atoms with Crippen LogP contribution in [0, 0.1) is 5.41 Å². The van der Waals surface area contributed by atoms with E-state index in [2.05, 4.69) is 116 Å². The number of fused-ring (bicyclic) bond motifs is 2. The fourth-order valence-electron chi connectivity index (χ4n) is 5.69. The van der Waals surface area contributed by atoms with E-state index in [9.17, 15) is 0 Å². The number of benzene rings is 2. The van der Waals surface area contributed by atoms with Crippen molar-refractivity contribution in [2.75, 3.05) is 22.9 Å². The summed E-state index contributed by atoms with van der Waals surface area (Å²) in [5, 5.41) is 1.70. The number of hydrogen-bond acceptors (Lipinski definition) is 4. The van der Waals surface area contributed by atoms with Gasteiger partial charge in [-0.15, -0.1) is 0 Å². The number of para-hydroxylation sites is 2. The summed E-state index contributed by atoms with van der Waals surface area (Å²) < 4.78 is 0. The predicted molar refractivity (Wildman–Crippen MR) is 165 cm³/mol. The fourth-order valence-corrected chi connectivity index (χ4v) is 8.14. The molecule has 4 heteroatoms. The van der Waals surface area contributed by atoms with Crippen molar-refractivity contribution in [3.8, 4) is 0 Å². The molecule has 0 N–H and O–H groups in total. The topological polar surface area (TPSA) is 6.48 Å². The van der Waals surface area contributed by atoms with Gasteiger partial charge in [0, 0.05) is 22.9 Å². The zero-order valence-electron chi connectivity index (χ0n) is 22.7. The first kappa shape index (κ1) is 26.3. The number of nitrogens with zero attached hydrogens (tertiary/aromatic N) is 2. The molecule has 0 saturated carbocycles. The summed E-state index contributed by atoms with van der Waals surface area (Å²) in [5.74, 6) is 0. The van der Waals surface area contributed by atoms with Gasteiger partial charge in [-0.05, 0) is 79.2 Å². The largest absolute Gasteiger partial charge is 0.355 e. The highest BCUT2D eigenvalue weighted by molar-refractivity contribution is 8.03. The maximum Gasteiger partial charge on any atom is 0.0988 e. The van der Waals surface area contributed by atoms with Gasteiger partial charge < -0.3 is 9.80 Å². The van der Waals surface area contributed by atoms with Gasteiger partial charge in [-0.3, -0.25) is 0 Å². The molecular weight excluding hydrogens is 489 g/mol. The lowest BCUT2D eigenvalue weighted by atomic mass is 9.75. The Labute approximate surface area is 232 Å². The molecule has 2 nitrogen and oxygen atoms in total. The van der Waals surface area contributed by atoms with Crippen molar-refractivity contribution < 1.29 is 0 Å². The number of anilines is 2. The third kappa shape index (κ3) is 6.07. The molecule has 0 fully saturated rings. The van der Waals surface area contributed by atoms with E-state index < -0.39 is 0 Å². The van der Waals surface area contributed by atoms with E-state index in [1.165, 1.54) is 56.6 Å². The zero-order valence-corrected chi connectivity index (χ0v) is 24.4. The van der Waals surface area contributed by atoms with Crippen molar-refractivity contribution in [3.63, 3.8) is 0 Å². The van der Waals surface area contributed by atoms with Crippen molar-refractivity contribution in [1.82, 2.24) is 0 Å². The molecule has 0 saturated heterocycles. The first-order valence-electron chi connectivity index (χ1n) is 13.8. The molecular formula is C33H40N2S2. The van der Waals surface area contributed by atoms with Crippen LogP contribution in [0.2, 0.25) is 0 Å². The van der Waals surface area contributed by atoms with E-state index in [0.717, 1.165) is 25.9 Å². The van der Waals surface area contributed by atoms with Gasteiger partial charge >= 0.3 is 0 Å². The van der Waals surface area contributed by atoms with E-state index >= 15 is 0 Å². The molecule has 1 aliphatic carbocycles. The molecule has 0 amide bonds. The van der Waals surface area contributed by atoms with Crippen LogP contribution in [0.3, 0.4) is 0 Å². The molecule has 1 unspecified atom stereocenters. The lowest BCUT2D eigenvalue weighted by Gasteiger charge is -2.32. The Morgan fingerprint density at radius 2 is 1.70 bits per heavy atom. The van der Waals surface area contributed by atoms with Crippen LogP contribution in [-0.2, 0) is 0 Å². The van der Waals surface area contributed by atoms with Gasteiger partial charge in [0.15, 0.2) is 0 Å². The Morgan fingerprint density at radius 3 is 2.49 bits per heavy atom. The highest BCUT2D eigenvalue weighted by Gasteiger charge is 2.30. The molecule has 0 radical (unpaired) electrons. The minimum Gasteiger partial charge on any atom is -0.355 e. The summed E-state index contributed by atoms with van der Waals surface area (Å²) in [6, 6.07) is 17.7. The molecule has 2 aromatic carbocycles. The number of rotatable bonds is 8. The van der Waals surface area contributed by atoms with Crippen LogP contribution in [-0.4, -0.2) is 18.5 Å². The maximum atomic E-state index is 2.63. The Bertz CT molecular complexity index is 1240.